The van der Waals surface area contributed by atoms with E-state index < -0.39 is 0 Å². The van der Waals surface area contributed by atoms with E-state index in [0.717, 1.165) is 0 Å². The molecule has 0 saturated heterocycles. The van der Waals surface area contributed by atoms with Crippen LogP contribution in [0.1, 0.15) is 4.44 Å². The maximum Gasteiger partial charge on any atom is -0.344 e. The van der Waals surface area contributed by atoms with Crippen molar-refractivity contribution in [1.82, 2.24) is 6.15 Å². The molecule has 2 heteroatoms. The van der Waals surface area contributed by atoms with Crippen molar-refractivity contribution in [3.05, 3.63) is 21.5 Å². The smallest absolute Gasteiger partial charge is 0.344 e. The normalized spacial score (nSPS) is 7.57. The summed E-state index contributed by atoms with van der Waals surface area (Å²) in [5, 5.41) is 0. The Kier molecular flexibility index (Phi) is 3.01. The Morgan fingerprint density at radius 2 is 2.29 bits per heavy atom. The second kappa shape index (κ2) is 3.03. The Hall–Kier alpha value is -0.0405. The average Bonchev–Trinajstić information content (AvgIpc) is 1.86. The van der Waals surface area contributed by atoms with Crippen LogP contribution >= 0.6 is 0 Å². The first-order valence-electron chi connectivity index (χ1n) is 1.90. The fraction of sp³-hybridized carbons (Fsp3) is 0.200. The van der Waals surface area contributed by atoms with Crippen LogP contribution in [0.4, 0.5) is 0 Å². The van der Waals surface area contributed by atoms with Crippen LogP contribution in [0.3, 0.4) is 0 Å². The molecule has 0 aliphatic rings. The van der Waals surface area contributed by atoms with Gasteiger partial charge < -0.3 is 6.15 Å². The summed E-state index contributed by atoms with van der Waals surface area (Å²) in [7, 11) is 0. The van der Waals surface area contributed by atoms with Crippen LogP contribution in [-0.4, -0.2) is 14.5 Å². The van der Waals surface area contributed by atoms with E-state index in [9.17, 15) is 0 Å². The summed E-state index contributed by atoms with van der Waals surface area (Å²) in [5.41, 5.74) is 0. The molecule has 0 atom stereocenters. The van der Waals surface area contributed by atoms with Crippen molar-refractivity contribution in [1.29, 1.82) is 0 Å². The number of aryl methyl sites for hydroxylation is 1. The molecule has 0 radical (unpaired) electrons. The molecule has 3 N–H and O–H groups in total. The summed E-state index contributed by atoms with van der Waals surface area (Å²) in [6.45, 7) is 2.17. The van der Waals surface area contributed by atoms with E-state index in [1.165, 1.54) is 4.44 Å². The predicted octanol–water partition coefficient (Wildman–Crippen LogP) is 1.21. The van der Waals surface area contributed by atoms with Gasteiger partial charge in [-0.1, -0.05) is 0 Å². The van der Waals surface area contributed by atoms with E-state index in [0.29, 0.717) is 14.5 Å². The second-order valence-corrected chi connectivity index (χ2v) is 3.64. The van der Waals surface area contributed by atoms with Crippen LogP contribution in [0.15, 0.2) is 17.1 Å². The third-order valence-corrected chi connectivity index (χ3v) is 2.34. The molecule has 0 bridgehead atoms. The van der Waals surface area contributed by atoms with E-state index in [4.69, 9.17) is 0 Å². The van der Waals surface area contributed by atoms with Gasteiger partial charge in [-0.2, -0.15) is 0 Å². The molecular formula is C5H9NSe. The molecule has 1 aromatic heterocycles. The van der Waals surface area contributed by atoms with E-state index in [1.54, 1.807) is 0 Å². The first kappa shape index (κ1) is 6.96. The molecule has 0 spiro atoms. The molecule has 0 aromatic carbocycles. The fourth-order valence-electron chi connectivity index (χ4n) is 0.361. The zero-order valence-corrected chi connectivity index (χ0v) is 6.06. The van der Waals surface area contributed by atoms with Crippen LogP contribution in [0.25, 0.3) is 0 Å². The fourth-order valence-corrected chi connectivity index (χ4v) is 1.47. The van der Waals surface area contributed by atoms with Crippen molar-refractivity contribution in [3.63, 3.8) is 0 Å². The molecule has 1 nitrogen and oxygen atoms in total. The predicted molar refractivity (Wildman–Crippen MR) is 33.1 cm³/mol. The molecule has 0 unspecified atom stereocenters. The Bertz CT molecular complexity index is 112. The summed E-state index contributed by atoms with van der Waals surface area (Å²) in [6.07, 6.45) is 0. The standard InChI is InChI=1S/C5H6Se.H3N/c1-5-3-2-4-6-5;/h2-4H,1H3;1H3. The molecule has 1 aromatic rings. The Labute approximate surface area is 49.7 Å². The summed E-state index contributed by atoms with van der Waals surface area (Å²) in [4.78, 5) is 2.22. The van der Waals surface area contributed by atoms with Gasteiger partial charge in [0.1, 0.15) is 0 Å². The summed E-state index contributed by atoms with van der Waals surface area (Å²) in [6, 6.07) is 4.29. The van der Waals surface area contributed by atoms with Gasteiger partial charge in [0.25, 0.3) is 0 Å². The topological polar surface area (TPSA) is 35.0 Å². The number of hydrogen-bond acceptors (Lipinski definition) is 1. The molecule has 0 fully saturated rings. The second-order valence-electron chi connectivity index (χ2n) is 1.22. The van der Waals surface area contributed by atoms with Crippen LogP contribution < -0.4 is 6.15 Å². The first-order valence-corrected chi connectivity index (χ1v) is 3.74. The van der Waals surface area contributed by atoms with Crippen molar-refractivity contribution in [2.75, 3.05) is 0 Å². The Morgan fingerprint density at radius 3 is 2.43 bits per heavy atom. The maximum absolute atomic E-state index is 2.22. The van der Waals surface area contributed by atoms with E-state index in [-0.39, 0.29) is 6.15 Å². The summed E-state index contributed by atoms with van der Waals surface area (Å²) in [5.74, 6) is 0. The van der Waals surface area contributed by atoms with Crippen LogP contribution in [0.5, 0.6) is 0 Å². The molecule has 0 saturated carbocycles. The van der Waals surface area contributed by atoms with Crippen molar-refractivity contribution in [3.8, 4) is 0 Å². The molecule has 1 rings (SSSR count). The minimum atomic E-state index is 0. The SMILES string of the molecule is Cc1ccc[se]1.N. The molecular weight excluding hydrogens is 153 g/mol. The van der Waals surface area contributed by atoms with Crippen LogP contribution in [-0.2, 0) is 0 Å². The molecule has 0 amide bonds. The molecule has 40 valence electrons. The first-order chi connectivity index (χ1) is 2.89. The molecule has 1 heterocycles. The largest absolute Gasteiger partial charge is 0.344 e. The van der Waals surface area contributed by atoms with Gasteiger partial charge in [0, 0.05) is 0 Å². The molecule has 0 aliphatic carbocycles. The minimum absolute atomic E-state index is 0. The van der Waals surface area contributed by atoms with E-state index >= 15 is 0 Å². The van der Waals surface area contributed by atoms with Crippen molar-refractivity contribution in [2.45, 2.75) is 6.92 Å². The van der Waals surface area contributed by atoms with Gasteiger partial charge in [-0.15, -0.1) is 0 Å². The van der Waals surface area contributed by atoms with Crippen molar-refractivity contribution >= 4 is 14.5 Å². The molecule has 0 aliphatic heterocycles. The third-order valence-electron chi connectivity index (χ3n) is 0.663. The quantitative estimate of drug-likeness (QED) is 0.572. The Balaban J connectivity index is 0.000000360. The van der Waals surface area contributed by atoms with E-state index in [2.05, 4.69) is 24.0 Å². The van der Waals surface area contributed by atoms with Crippen molar-refractivity contribution < 1.29 is 0 Å². The van der Waals surface area contributed by atoms with E-state index in [1.807, 2.05) is 0 Å². The maximum atomic E-state index is 2.22. The van der Waals surface area contributed by atoms with Gasteiger partial charge in [0.15, 0.2) is 0 Å². The van der Waals surface area contributed by atoms with Gasteiger partial charge in [-0.05, 0) is 0 Å². The number of hydrogen-bond donors (Lipinski definition) is 1. The van der Waals surface area contributed by atoms with Gasteiger partial charge >= 0.3 is 42.9 Å². The third kappa shape index (κ3) is 1.93. The monoisotopic (exact) mass is 163 g/mol. The Morgan fingerprint density at radius 1 is 1.57 bits per heavy atom. The van der Waals surface area contributed by atoms with Gasteiger partial charge in [-0.25, -0.2) is 0 Å². The van der Waals surface area contributed by atoms with Gasteiger partial charge in [0.2, 0.25) is 0 Å². The summed E-state index contributed by atoms with van der Waals surface area (Å²) < 4.78 is 1.53. The summed E-state index contributed by atoms with van der Waals surface area (Å²) >= 11 is 0.708. The minimum Gasteiger partial charge on any atom is -0.344 e. The number of rotatable bonds is 0. The van der Waals surface area contributed by atoms with Crippen molar-refractivity contribution in [2.24, 2.45) is 0 Å². The molecule has 7 heavy (non-hydrogen) atoms. The zero-order valence-electron chi connectivity index (χ0n) is 4.35. The zero-order chi connectivity index (χ0) is 4.41. The average molecular weight is 162 g/mol. The van der Waals surface area contributed by atoms with Crippen LogP contribution in [0, 0.1) is 6.92 Å². The van der Waals surface area contributed by atoms with Gasteiger partial charge in [-0.3, -0.25) is 0 Å². The van der Waals surface area contributed by atoms with Crippen LogP contribution in [0.2, 0.25) is 0 Å². The van der Waals surface area contributed by atoms with Gasteiger partial charge in [0.05, 0.1) is 0 Å².